The summed E-state index contributed by atoms with van der Waals surface area (Å²) >= 11 is 0. The van der Waals surface area contributed by atoms with E-state index in [9.17, 15) is 0 Å². The van der Waals surface area contributed by atoms with Crippen LogP contribution in [0.4, 0.5) is 5.69 Å². The van der Waals surface area contributed by atoms with Gasteiger partial charge in [0.25, 0.3) is 0 Å². The largest absolute Gasteiger partial charge is 0.441 e. The molecule has 3 rings (SSSR count). The molecule has 1 saturated carbocycles. The number of rotatable bonds is 2. The zero-order chi connectivity index (χ0) is 11.7. The van der Waals surface area contributed by atoms with Crippen molar-refractivity contribution in [2.45, 2.75) is 38.5 Å². The number of aromatic nitrogens is 1. The molecule has 1 aromatic heterocycles. The van der Waals surface area contributed by atoms with Gasteiger partial charge in [-0.2, -0.15) is 0 Å². The first-order chi connectivity index (χ1) is 8.33. The Morgan fingerprint density at radius 2 is 2.06 bits per heavy atom. The fourth-order valence-electron chi connectivity index (χ4n) is 2.74. The predicted molar refractivity (Wildman–Crippen MR) is 68.7 cm³/mol. The Labute approximate surface area is 101 Å². The summed E-state index contributed by atoms with van der Waals surface area (Å²) in [5.41, 5.74) is 8.22. The van der Waals surface area contributed by atoms with Gasteiger partial charge in [0, 0.05) is 6.42 Å². The fraction of sp³-hybridized carbons (Fsp3) is 0.500. The summed E-state index contributed by atoms with van der Waals surface area (Å²) in [5.74, 6) is 1.60. The molecule has 0 atom stereocenters. The number of nitrogens with zero attached hydrogens (tertiary/aromatic N) is 1. The van der Waals surface area contributed by atoms with Crippen LogP contribution in [-0.4, -0.2) is 4.98 Å². The Bertz CT molecular complexity index is 512. The predicted octanol–water partition coefficient (Wildman–Crippen LogP) is 3.53. The lowest BCUT2D eigenvalue weighted by molar-refractivity contribution is 0.332. The van der Waals surface area contributed by atoms with E-state index in [4.69, 9.17) is 10.2 Å². The third-order valence-corrected chi connectivity index (χ3v) is 3.68. The molecule has 2 aromatic rings. The van der Waals surface area contributed by atoms with Gasteiger partial charge in [-0.1, -0.05) is 25.3 Å². The summed E-state index contributed by atoms with van der Waals surface area (Å²) in [6.07, 6.45) is 7.69. The average molecular weight is 230 g/mol. The maximum atomic E-state index is 5.88. The number of para-hydroxylation sites is 1. The Kier molecular flexibility index (Phi) is 2.75. The van der Waals surface area contributed by atoms with Crippen molar-refractivity contribution >= 4 is 16.8 Å². The SMILES string of the molecule is Nc1cccc2oc(CC3CCCCC3)nc12. The molecule has 17 heavy (non-hydrogen) atoms. The Hall–Kier alpha value is -1.51. The normalized spacial score (nSPS) is 17.6. The van der Waals surface area contributed by atoms with Crippen LogP contribution in [0.25, 0.3) is 11.1 Å². The van der Waals surface area contributed by atoms with Crippen molar-refractivity contribution in [1.82, 2.24) is 4.98 Å². The standard InChI is InChI=1S/C14H18N2O/c15-11-7-4-8-12-14(11)16-13(17-12)9-10-5-2-1-3-6-10/h4,7-8,10H,1-3,5-6,9,15H2. The van der Waals surface area contributed by atoms with Crippen LogP contribution in [0.2, 0.25) is 0 Å². The van der Waals surface area contributed by atoms with Gasteiger partial charge in [0.2, 0.25) is 0 Å². The van der Waals surface area contributed by atoms with Gasteiger partial charge >= 0.3 is 0 Å². The van der Waals surface area contributed by atoms with Gasteiger partial charge in [-0.25, -0.2) is 4.98 Å². The van der Waals surface area contributed by atoms with E-state index in [2.05, 4.69) is 4.98 Å². The molecule has 2 N–H and O–H groups in total. The smallest absolute Gasteiger partial charge is 0.195 e. The highest BCUT2D eigenvalue weighted by Crippen LogP contribution is 2.28. The maximum absolute atomic E-state index is 5.88. The van der Waals surface area contributed by atoms with Crippen molar-refractivity contribution < 1.29 is 4.42 Å². The van der Waals surface area contributed by atoms with E-state index in [0.717, 1.165) is 29.3 Å². The van der Waals surface area contributed by atoms with Crippen LogP contribution in [0.3, 0.4) is 0 Å². The maximum Gasteiger partial charge on any atom is 0.195 e. The van der Waals surface area contributed by atoms with Crippen LogP contribution in [-0.2, 0) is 6.42 Å². The lowest BCUT2D eigenvalue weighted by Crippen LogP contribution is -2.09. The Morgan fingerprint density at radius 1 is 1.24 bits per heavy atom. The molecular formula is C14H18N2O. The van der Waals surface area contributed by atoms with Crippen LogP contribution >= 0.6 is 0 Å². The van der Waals surface area contributed by atoms with E-state index in [0.29, 0.717) is 5.69 Å². The van der Waals surface area contributed by atoms with Crippen molar-refractivity contribution in [2.75, 3.05) is 5.73 Å². The summed E-state index contributed by atoms with van der Waals surface area (Å²) in [6, 6.07) is 5.71. The molecule has 0 radical (unpaired) electrons. The first kappa shape index (κ1) is 10.6. The van der Waals surface area contributed by atoms with E-state index in [1.54, 1.807) is 0 Å². The highest BCUT2D eigenvalue weighted by Gasteiger charge is 2.17. The molecule has 1 fully saturated rings. The number of hydrogen-bond acceptors (Lipinski definition) is 3. The van der Waals surface area contributed by atoms with Gasteiger partial charge < -0.3 is 10.2 Å². The molecular weight excluding hydrogens is 212 g/mol. The molecule has 1 aliphatic carbocycles. The fourth-order valence-corrected chi connectivity index (χ4v) is 2.74. The van der Waals surface area contributed by atoms with Crippen molar-refractivity contribution in [3.05, 3.63) is 24.1 Å². The molecule has 1 heterocycles. The molecule has 0 aliphatic heterocycles. The molecule has 3 nitrogen and oxygen atoms in total. The van der Waals surface area contributed by atoms with E-state index in [1.807, 2.05) is 18.2 Å². The highest BCUT2D eigenvalue weighted by molar-refractivity contribution is 5.85. The van der Waals surface area contributed by atoms with Crippen LogP contribution in [0, 0.1) is 5.92 Å². The second-order valence-electron chi connectivity index (χ2n) is 5.01. The van der Waals surface area contributed by atoms with Crippen molar-refractivity contribution in [1.29, 1.82) is 0 Å². The molecule has 1 aromatic carbocycles. The van der Waals surface area contributed by atoms with Crippen molar-refractivity contribution in [2.24, 2.45) is 5.92 Å². The van der Waals surface area contributed by atoms with Crippen LogP contribution < -0.4 is 5.73 Å². The molecule has 0 amide bonds. The molecule has 1 aliphatic rings. The lowest BCUT2D eigenvalue weighted by Gasteiger charge is -2.19. The van der Waals surface area contributed by atoms with Gasteiger partial charge in [-0.15, -0.1) is 0 Å². The second kappa shape index (κ2) is 4.40. The topological polar surface area (TPSA) is 52.0 Å². The Morgan fingerprint density at radius 3 is 2.82 bits per heavy atom. The first-order valence-electron chi connectivity index (χ1n) is 6.47. The summed E-state index contributed by atoms with van der Waals surface area (Å²) in [6.45, 7) is 0. The zero-order valence-corrected chi connectivity index (χ0v) is 9.98. The molecule has 3 heteroatoms. The van der Waals surface area contributed by atoms with Gasteiger partial charge in [0.1, 0.15) is 5.52 Å². The number of nitrogen functional groups attached to an aromatic ring is 1. The van der Waals surface area contributed by atoms with E-state index < -0.39 is 0 Å². The highest BCUT2D eigenvalue weighted by atomic mass is 16.3. The van der Waals surface area contributed by atoms with Gasteiger partial charge in [-0.3, -0.25) is 0 Å². The minimum Gasteiger partial charge on any atom is -0.441 e. The van der Waals surface area contributed by atoms with Crippen LogP contribution in [0.15, 0.2) is 22.6 Å². The van der Waals surface area contributed by atoms with Crippen LogP contribution in [0.1, 0.15) is 38.0 Å². The first-order valence-corrected chi connectivity index (χ1v) is 6.47. The summed E-state index contributed by atoms with van der Waals surface area (Å²) < 4.78 is 5.76. The number of hydrogen-bond donors (Lipinski definition) is 1. The number of oxazole rings is 1. The number of fused-ring (bicyclic) bond motifs is 1. The van der Waals surface area contributed by atoms with Crippen molar-refractivity contribution in [3.63, 3.8) is 0 Å². The third-order valence-electron chi connectivity index (χ3n) is 3.68. The molecule has 0 spiro atoms. The number of benzene rings is 1. The number of anilines is 1. The second-order valence-corrected chi connectivity index (χ2v) is 5.01. The molecule has 0 saturated heterocycles. The van der Waals surface area contributed by atoms with E-state index in [-0.39, 0.29) is 0 Å². The molecule has 90 valence electrons. The molecule has 0 unspecified atom stereocenters. The Balaban J connectivity index is 1.83. The zero-order valence-electron chi connectivity index (χ0n) is 9.98. The number of nitrogens with two attached hydrogens (primary N) is 1. The monoisotopic (exact) mass is 230 g/mol. The van der Waals surface area contributed by atoms with Gasteiger partial charge in [-0.05, 0) is 30.9 Å². The quantitative estimate of drug-likeness (QED) is 0.803. The lowest BCUT2D eigenvalue weighted by atomic mass is 9.87. The summed E-state index contributed by atoms with van der Waals surface area (Å²) in [7, 11) is 0. The summed E-state index contributed by atoms with van der Waals surface area (Å²) in [4.78, 5) is 4.51. The van der Waals surface area contributed by atoms with Crippen LogP contribution in [0.5, 0.6) is 0 Å². The third kappa shape index (κ3) is 2.14. The van der Waals surface area contributed by atoms with E-state index >= 15 is 0 Å². The van der Waals surface area contributed by atoms with Gasteiger partial charge in [0.15, 0.2) is 11.5 Å². The minimum absolute atomic E-state index is 0.709. The van der Waals surface area contributed by atoms with Crippen molar-refractivity contribution in [3.8, 4) is 0 Å². The molecule has 0 bridgehead atoms. The summed E-state index contributed by atoms with van der Waals surface area (Å²) in [5, 5.41) is 0. The average Bonchev–Trinajstić information content (AvgIpc) is 2.74. The van der Waals surface area contributed by atoms with E-state index in [1.165, 1.54) is 32.1 Å². The minimum atomic E-state index is 0.709. The van der Waals surface area contributed by atoms with Gasteiger partial charge in [0.05, 0.1) is 5.69 Å².